The Morgan fingerprint density at radius 3 is 2.57 bits per heavy atom. The second-order valence-electron chi connectivity index (χ2n) is 8.46. The smallest absolute Gasteiger partial charge is 0.260 e. The second-order valence-corrected chi connectivity index (χ2v) is 8.46. The van der Waals surface area contributed by atoms with Crippen molar-refractivity contribution in [1.29, 1.82) is 0 Å². The zero-order valence-electron chi connectivity index (χ0n) is 20.1. The van der Waals surface area contributed by atoms with E-state index in [1.807, 2.05) is 59.2 Å². The van der Waals surface area contributed by atoms with E-state index in [-0.39, 0.29) is 18.4 Å². The van der Waals surface area contributed by atoms with E-state index in [1.165, 1.54) is 6.42 Å². The molecule has 0 aliphatic carbocycles. The third-order valence-corrected chi connectivity index (χ3v) is 5.92. The molecule has 1 fully saturated rings. The van der Waals surface area contributed by atoms with E-state index in [2.05, 4.69) is 10.4 Å². The van der Waals surface area contributed by atoms with E-state index in [4.69, 9.17) is 9.47 Å². The topological polar surface area (TPSA) is 85.7 Å². The number of aromatic nitrogens is 2. The minimum Gasteiger partial charge on any atom is -0.490 e. The number of rotatable bonds is 10. The Morgan fingerprint density at radius 2 is 1.80 bits per heavy atom. The standard InChI is InChI=1S/C27H32N4O4/c1-2-34-25-17-22(11-12-24(25)35-20-26(32)30-15-7-4-8-16-30)27(33)28-14-13-21-18-29-31(19-21)23-9-5-3-6-10-23/h3,5-6,9-12,17-19H,2,4,7-8,13-16,20H2,1H3,(H,28,33). The summed E-state index contributed by atoms with van der Waals surface area (Å²) in [5.74, 6) is 0.694. The Bertz CT molecular complexity index is 1120. The van der Waals surface area contributed by atoms with E-state index >= 15 is 0 Å². The number of hydrogen-bond donors (Lipinski definition) is 1. The first kappa shape index (κ1) is 24.3. The number of carbonyl (C=O) groups excluding carboxylic acids is 2. The highest BCUT2D eigenvalue weighted by atomic mass is 16.5. The average Bonchev–Trinajstić information content (AvgIpc) is 3.38. The van der Waals surface area contributed by atoms with Crippen molar-refractivity contribution in [3.8, 4) is 17.2 Å². The number of nitrogens with one attached hydrogen (secondary N) is 1. The minimum atomic E-state index is -0.197. The Morgan fingerprint density at radius 1 is 1.00 bits per heavy atom. The number of amides is 2. The second kappa shape index (κ2) is 12.1. The van der Waals surface area contributed by atoms with Crippen LogP contribution in [0.1, 0.15) is 42.1 Å². The molecule has 0 unspecified atom stereocenters. The lowest BCUT2D eigenvalue weighted by Crippen LogP contribution is -2.38. The molecule has 0 bridgehead atoms. The third kappa shape index (κ3) is 6.62. The van der Waals surface area contributed by atoms with Crippen LogP contribution in [-0.2, 0) is 11.2 Å². The fraction of sp³-hybridized carbons (Fsp3) is 0.370. The van der Waals surface area contributed by atoms with E-state index in [0.717, 1.165) is 37.2 Å². The minimum absolute atomic E-state index is 0.0236. The van der Waals surface area contributed by atoms with Crippen molar-refractivity contribution in [3.05, 3.63) is 72.1 Å². The van der Waals surface area contributed by atoms with E-state index in [0.29, 0.717) is 36.6 Å². The van der Waals surface area contributed by atoms with Crippen LogP contribution in [-0.4, -0.2) is 59.3 Å². The maximum atomic E-state index is 12.7. The van der Waals surface area contributed by atoms with Crippen LogP contribution in [0.15, 0.2) is 60.9 Å². The Balaban J connectivity index is 1.30. The highest BCUT2D eigenvalue weighted by molar-refractivity contribution is 5.94. The van der Waals surface area contributed by atoms with Crippen LogP contribution in [0.3, 0.4) is 0 Å². The van der Waals surface area contributed by atoms with Gasteiger partial charge in [0.15, 0.2) is 18.1 Å². The van der Waals surface area contributed by atoms with Gasteiger partial charge < -0.3 is 19.7 Å². The fourth-order valence-electron chi connectivity index (χ4n) is 4.04. The number of hydrogen-bond acceptors (Lipinski definition) is 5. The summed E-state index contributed by atoms with van der Waals surface area (Å²) in [6, 6.07) is 14.9. The van der Waals surface area contributed by atoms with Gasteiger partial charge in [0.05, 0.1) is 18.5 Å². The highest BCUT2D eigenvalue weighted by Gasteiger charge is 2.18. The molecule has 1 aromatic heterocycles. The van der Waals surface area contributed by atoms with Crippen LogP contribution in [0.5, 0.6) is 11.5 Å². The molecule has 4 rings (SSSR count). The van der Waals surface area contributed by atoms with Gasteiger partial charge in [-0.15, -0.1) is 0 Å². The van der Waals surface area contributed by atoms with Gasteiger partial charge in [0.25, 0.3) is 11.8 Å². The number of para-hydroxylation sites is 1. The molecule has 1 aliphatic rings. The van der Waals surface area contributed by atoms with Crippen molar-refractivity contribution in [2.24, 2.45) is 0 Å². The van der Waals surface area contributed by atoms with Crippen LogP contribution in [0.25, 0.3) is 5.69 Å². The van der Waals surface area contributed by atoms with E-state index in [9.17, 15) is 9.59 Å². The first-order valence-corrected chi connectivity index (χ1v) is 12.2. The van der Waals surface area contributed by atoms with Crippen LogP contribution in [0, 0.1) is 0 Å². The molecule has 0 radical (unpaired) electrons. The van der Waals surface area contributed by atoms with Crippen molar-refractivity contribution < 1.29 is 19.1 Å². The molecule has 3 aromatic rings. The molecule has 2 heterocycles. The van der Waals surface area contributed by atoms with Crippen molar-refractivity contribution in [3.63, 3.8) is 0 Å². The SMILES string of the molecule is CCOc1cc(C(=O)NCCc2cnn(-c3ccccc3)c2)ccc1OCC(=O)N1CCCCC1. The molecular formula is C27H32N4O4. The molecule has 2 amide bonds. The first-order chi connectivity index (χ1) is 17.1. The summed E-state index contributed by atoms with van der Waals surface area (Å²) in [6.07, 6.45) is 7.68. The summed E-state index contributed by atoms with van der Waals surface area (Å²) in [4.78, 5) is 27.0. The summed E-state index contributed by atoms with van der Waals surface area (Å²) in [6.45, 7) is 4.30. The van der Waals surface area contributed by atoms with Gasteiger partial charge >= 0.3 is 0 Å². The summed E-state index contributed by atoms with van der Waals surface area (Å²) in [5, 5.41) is 7.34. The van der Waals surface area contributed by atoms with Gasteiger partial charge in [0.1, 0.15) is 0 Å². The lowest BCUT2D eigenvalue weighted by molar-refractivity contribution is -0.134. The Labute approximate surface area is 205 Å². The quantitative estimate of drug-likeness (QED) is 0.483. The number of carbonyl (C=O) groups is 2. The van der Waals surface area contributed by atoms with Crippen LogP contribution in [0.4, 0.5) is 0 Å². The number of ether oxygens (including phenoxy) is 2. The number of benzene rings is 2. The fourth-order valence-corrected chi connectivity index (χ4v) is 4.04. The van der Waals surface area contributed by atoms with Gasteiger partial charge in [-0.25, -0.2) is 4.68 Å². The molecule has 1 saturated heterocycles. The molecule has 1 N–H and O–H groups in total. The molecule has 1 aliphatic heterocycles. The summed E-state index contributed by atoms with van der Waals surface area (Å²) in [7, 11) is 0. The largest absolute Gasteiger partial charge is 0.490 e. The summed E-state index contributed by atoms with van der Waals surface area (Å²) in [5.41, 5.74) is 2.50. The van der Waals surface area contributed by atoms with Gasteiger partial charge in [-0.2, -0.15) is 5.10 Å². The van der Waals surface area contributed by atoms with Crippen LogP contribution < -0.4 is 14.8 Å². The van der Waals surface area contributed by atoms with Gasteiger partial charge in [0, 0.05) is 31.4 Å². The van der Waals surface area contributed by atoms with Crippen LogP contribution >= 0.6 is 0 Å². The normalized spacial score (nSPS) is 13.3. The van der Waals surface area contributed by atoms with Crippen LogP contribution in [0.2, 0.25) is 0 Å². The third-order valence-electron chi connectivity index (χ3n) is 5.92. The predicted octanol–water partition coefficient (Wildman–Crippen LogP) is 3.63. The van der Waals surface area contributed by atoms with Crippen molar-refractivity contribution in [2.75, 3.05) is 32.8 Å². The number of likely N-dealkylation sites (tertiary alicyclic amines) is 1. The van der Waals surface area contributed by atoms with E-state index in [1.54, 1.807) is 18.2 Å². The van der Waals surface area contributed by atoms with Crippen molar-refractivity contribution >= 4 is 11.8 Å². The van der Waals surface area contributed by atoms with Crippen molar-refractivity contribution in [1.82, 2.24) is 20.0 Å². The number of piperidine rings is 1. The Kier molecular flexibility index (Phi) is 8.38. The van der Waals surface area contributed by atoms with Gasteiger partial charge in [-0.1, -0.05) is 18.2 Å². The lowest BCUT2D eigenvalue weighted by atomic mass is 10.1. The lowest BCUT2D eigenvalue weighted by Gasteiger charge is -2.26. The van der Waals surface area contributed by atoms with Gasteiger partial charge in [0.2, 0.25) is 0 Å². The Hall–Kier alpha value is -3.81. The molecule has 2 aromatic carbocycles. The molecule has 184 valence electrons. The van der Waals surface area contributed by atoms with Gasteiger partial charge in [-0.05, 0) is 68.5 Å². The molecule has 8 nitrogen and oxygen atoms in total. The highest BCUT2D eigenvalue weighted by Crippen LogP contribution is 2.28. The zero-order valence-corrected chi connectivity index (χ0v) is 20.1. The molecule has 0 spiro atoms. The summed E-state index contributed by atoms with van der Waals surface area (Å²) < 4.78 is 13.3. The average molecular weight is 477 g/mol. The molecule has 0 saturated carbocycles. The summed E-state index contributed by atoms with van der Waals surface area (Å²) >= 11 is 0. The van der Waals surface area contributed by atoms with Crippen molar-refractivity contribution in [2.45, 2.75) is 32.6 Å². The van der Waals surface area contributed by atoms with E-state index < -0.39 is 0 Å². The molecule has 8 heteroatoms. The maximum Gasteiger partial charge on any atom is 0.260 e. The monoisotopic (exact) mass is 476 g/mol. The maximum absolute atomic E-state index is 12.7. The number of nitrogens with zero attached hydrogens (tertiary/aromatic N) is 3. The predicted molar refractivity (Wildman–Crippen MR) is 133 cm³/mol. The first-order valence-electron chi connectivity index (χ1n) is 12.2. The molecule has 0 atom stereocenters. The molecule has 35 heavy (non-hydrogen) atoms. The zero-order chi connectivity index (χ0) is 24.5. The molecular weight excluding hydrogens is 444 g/mol. The van der Waals surface area contributed by atoms with Gasteiger partial charge in [-0.3, -0.25) is 9.59 Å².